The summed E-state index contributed by atoms with van der Waals surface area (Å²) in [7, 11) is 0. The molecule has 0 radical (unpaired) electrons. The third kappa shape index (κ3) is 2.69. The summed E-state index contributed by atoms with van der Waals surface area (Å²) in [6, 6.07) is 4.74. The third-order valence-electron chi connectivity index (χ3n) is 3.27. The number of hydrogen-bond acceptors (Lipinski definition) is 5. The quantitative estimate of drug-likeness (QED) is 0.926. The largest absolute Gasteiger partial charge is 0.486 e. The predicted molar refractivity (Wildman–Crippen MR) is 74.0 cm³/mol. The standard InChI is InChI=1S/C15H14O6/c16-11-8-9(2-1-3-13(17)18)21-14-10(11)4-5-12-15(14)20-7-6-19-12/h4-5,8H,1-3,6-7H2,(H,17,18). The van der Waals surface area contributed by atoms with Crippen LogP contribution in [-0.4, -0.2) is 24.3 Å². The van der Waals surface area contributed by atoms with Crippen LogP contribution in [0.2, 0.25) is 0 Å². The Balaban J connectivity index is 2.00. The van der Waals surface area contributed by atoms with Crippen LogP contribution in [-0.2, 0) is 11.2 Å². The van der Waals surface area contributed by atoms with Crippen LogP contribution in [0.5, 0.6) is 11.5 Å². The van der Waals surface area contributed by atoms with Gasteiger partial charge in [0.2, 0.25) is 5.75 Å². The average Bonchev–Trinajstić information content (AvgIpc) is 2.47. The summed E-state index contributed by atoms with van der Waals surface area (Å²) in [5, 5.41) is 9.08. The van der Waals surface area contributed by atoms with Crippen LogP contribution in [0.4, 0.5) is 0 Å². The number of hydrogen-bond donors (Lipinski definition) is 1. The van der Waals surface area contributed by atoms with Crippen LogP contribution in [0.1, 0.15) is 18.6 Å². The van der Waals surface area contributed by atoms with Crippen LogP contribution in [0.25, 0.3) is 11.0 Å². The van der Waals surface area contributed by atoms with Gasteiger partial charge in [-0.1, -0.05) is 0 Å². The smallest absolute Gasteiger partial charge is 0.303 e. The molecule has 0 spiro atoms. The van der Waals surface area contributed by atoms with E-state index in [0.717, 1.165) is 0 Å². The van der Waals surface area contributed by atoms with Crippen LogP contribution in [0.3, 0.4) is 0 Å². The molecule has 0 saturated carbocycles. The molecule has 6 heteroatoms. The number of aryl methyl sites for hydroxylation is 1. The summed E-state index contributed by atoms with van der Waals surface area (Å²) in [5.74, 6) is 0.582. The molecule has 1 aliphatic rings. The molecule has 0 saturated heterocycles. The fourth-order valence-electron chi connectivity index (χ4n) is 2.31. The molecule has 0 bridgehead atoms. The van der Waals surface area contributed by atoms with Gasteiger partial charge >= 0.3 is 5.97 Å². The molecule has 0 unspecified atom stereocenters. The number of aliphatic carboxylic acids is 1. The van der Waals surface area contributed by atoms with Crippen molar-refractivity contribution in [3.63, 3.8) is 0 Å². The number of rotatable bonds is 4. The van der Waals surface area contributed by atoms with Crippen LogP contribution >= 0.6 is 0 Å². The van der Waals surface area contributed by atoms with E-state index < -0.39 is 5.97 Å². The van der Waals surface area contributed by atoms with Gasteiger partial charge in [-0.2, -0.15) is 0 Å². The van der Waals surface area contributed by atoms with Crippen LogP contribution < -0.4 is 14.9 Å². The molecule has 1 N–H and O–H groups in total. The van der Waals surface area contributed by atoms with Crippen molar-refractivity contribution in [2.24, 2.45) is 0 Å². The Morgan fingerprint density at radius 3 is 2.86 bits per heavy atom. The highest BCUT2D eigenvalue weighted by Gasteiger charge is 2.19. The number of ether oxygens (including phenoxy) is 2. The first kappa shape index (κ1) is 13.5. The summed E-state index contributed by atoms with van der Waals surface area (Å²) in [6.07, 6.45) is 0.840. The topological polar surface area (TPSA) is 86.0 Å². The normalized spacial score (nSPS) is 13.3. The van der Waals surface area contributed by atoms with E-state index in [1.54, 1.807) is 12.1 Å². The molecule has 21 heavy (non-hydrogen) atoms. The van der Waals surface area contributed by atoms with Crippen molar-refractivity contribution in [3.8, 4) is 11.5 Å². The molecule has 2 aromatic rings. The minimum absolute atomic E-state index is 0.0360. The second kappa shape index (κ2) is 5.47. The summed E-state index contributed by atoms with van der Waals surface area (Å²) in [6.45, 7) is 0.861. The molecule has 110 valence electrons. The highest BCUT2D eigenvalue weighted by Crippen LogP contribution is 2.36. The first-order valence-corrected chi connectivity index (χ1v) is 6.72. The van der Waals surface area contributed by atoms with Gasteiger partial charge in [0.15, 0.2) is 16.8 Å². The van der Waals surface area contributed by atoms with E-state index in [0.29, 0.717) is 54.3 Å². The SMILES string of the molecule is O=C(O)CCCc1cc(=O)c2ccc3c(c2o1)OCCO3. The van der Waals surface area contributed by atoms with Crippen molar-refractivity contribution in [3.05, 3.63) is 34.2 Å². The van der Waals surface area contributed by atoms with Gasteiger partial charge in [0.25, 0.3) is 0 Å². The number of fused-ring (bicyclic) bond motifs is 3. The van der Waals surface area contributed by atoms with E-state index in [1.807, 2.05) is 0 Å². The van der Waals surface area contributed by atoms with Gasteiger partial charge in [0.1, 0.15) is 19.0 Å². The average molecular weight is 290 g/mol. The Morgan fingerprint density at radius 1 is 1.24 bits per heavy atom. The fraction of sp³-hybridized carbons (Fsp3) is 0.333. The van der Waals surface area contributed by atoms with Crippen LogP contribution in [0, 0.1) is 0 Å². The maximum atomic E-state index is 12.1. The lowest BCUT2D eigenvalue weighted by Gasteiger charge is -2.19. The first-order valence-electron chi connectivity index (χ1n) is 6.72. The monoisotopic (exact) mass is 290 g/mol. The highest BCUT2D eigenvalue weighted by atomic mass is 16.6. The van der Waals surface area contributed by atoms with Crippen molar-refractivity contribution in [1.82, 2.24) is 0 Å². The summed E-state index contributed by atoms with van der Waals surface area (Å²) < 4.78 is 16.7. The van der Waals surface area contributed by atoms with Gasteiger partial charge in [-0.15, -0.1) is 0 Å². The molecule has 0 aliphatic carbocycles. The number of carboxylic acids is 1. The van der Waals surface area contributed by atoms with Crippen molar-refractivity contribution in [1.29, 1.82) is 0 Å². The maximum absolute atomic E-state index is 12.1. The molecule has 2 heterocycles. The lowest BCUT2D eigenvalue weighted by atomic mass is 10.1. The molecular formula is C15H14O6. The van der Waals surface area contributed by atoms with Gasteiger partial charge in [-0.3, -0.25) is 9.59 Å². The Labute approximate surface area is 119 Å². The Bertz CT molecular complexity index is 746. The summed E-state index contributed by atoms with van der Waals surface area (Å²) in [5.41, 5.74) is 0.198. The number of benzene rings is 1. The highest BCUT2D eigenvalue weighted by molar-refractivity contribution is 5.85. The molecule has 6 nitrogen and oxygen atoms in total. The Kier molecular flexibility index (Phi) is 3.51. The molecule has 1 aromatic heterocycles. The fourth-order valence-corrected chi connectivity index (χ4v) is 2.31. The summed E-state index contributed by atoms with van der Waals surface area (Å²) in [4.78, 5) is 22.6. The van der Waals surface area contributed by atoms with Crippen molar-refractivity contribution in [2.45, 2.75) is 19.3 Å². The molecule has 1 aliphatic heterocycles. The predicted octanol–water partition coefficient (Wildman–Crippen LogP) is 1.97. The van der Waals surface area contributed by atoms with E-state index in [2.05, 4.69) is 0 Å². The zero-order valence-electron chi connectivity index (χ0n) is 11.3. The zero-order valence-corrected chi connectivity index (χ0v) is 11.3. The second-order valence-electron chi connectivity index (χ2n) is 4.79. The zero-order chi connectivity index (χ0) is 14.8. The first-order chi connectivity index (χ1) is 10.1. The van der Waals surface area contributed by atoms with Crippen LogP contribution in [0.15, 0.2) is 27.4 Å². The molecule has 0 fully saturated rings. The third-order valence-corrected chi connectivity index (χ3v) is 3.27. The number of carboxylic acid groups (broad SMARTS) is 1. The van der Waals surface area contributed by atoms with Gasteiger partial charge < -0.3 is 19.0 Å². The molecule has 1 aromatic carbocycles. The molecule has 3 rings (SSSR count). The Hall–Kier alpha value is -2.50. The van der Waals surface area contributed by atoms with Gasteiger partial charge in [0, 0.05) is 18.9 Å². The maximum Gasteiger partial charge on any atom is 0.303 e. The lowest BCUT2D eigenvalue weighted by Crippen LogP contribution is -2.16. The minimum Gasteiger partial charge on any atom is -0.486 e. The Morgan fingerprint density at radius 2 is 2.05 bits per heavy atom. The van der Waals surface area contributed by atoms with Crippen molar-refractivity contribution in [2.75, 3.05) is 13.2 Å². The van der Waals surface area contributed by atoms with Gasteiger partial charge in [-0.25, -0.2) is 0 Å². The van der Waals surface area contributed by atoms with E-state index in [1.165, 1.54) is 6.07 Å². The number of carbonyl (C=O) groups is 1. The van der Waals surface area contributed by atoms with Crippen molar-refractivity contribution >= 4 is 16.9 Å². The lowest BCUT2D eigenvalue weighted by molar-refractivity contribution is -0.137. The van der Waals surface area contributed by atoms with E-state index in [-0.39, 0.29) is 11.8 Å². The van der Waals surface area contributed by atoms with E-state index in [9.17, 15) is 9.59 Å². The summed E-state index contributed by atoms with van der Waals surface area (Å²) >= 11 is 0. The van der Waals surface area contributed by atoms with Gasteiger partial charge in [-0.05, 0) is 18.6 Å². The second-order valence-corrected chi connectivity index (χ2v) is 4.79. The molecular weight excluding hydrogens is 276 g/mol. The van der Waals surface area contributed by atoms with Crippen molar-refractivity contribution < 1.29 is 23.8 Å². The minimum atomic E-state index is -0.868. The molecule has 0 atom stereocenters. The molecule has 0 amide bonds. The van der Waals surface area contributed by atoms with E-state index in [4.69, 9.17) is 19.0 Å². The van der Waals surface area contributed by atoms with Gasteiger partial charge in [0.05, 0.1) is 5.39 Å². The van der Waals surface area contributed by atoms with E-state index >= 15 is 0 Å².